The van der Waals surface area contributed by atoms with E-state index >= 15 is 0 Å². The molecule has 1 atom stereocenters. The highest BCUT2D eigenvalue weighted by Crippen LogP contribution is 2.26. The first kappa shape index (κ1) is 12.8. The lowest BCUT2D eigenvalue weighted by Crippen LogP contribution is -2.31. The molecule has 0 aliphatic carbocycles. The van der Waals surface area contributed by atoms with Gasteiger partial charge in [-0.25, -0.2) is 0 Å². The summed E-state index contributed by atoms with van der Waals surface area (Å²) in [5.41, 5.74) is 0. The summed E-state index contributed by atoms with van der Waals surface area (Å²) in [6, 6.07) is 0.479. The number of aryl methyl sites for hydroxylation is 1. The van der Waals surface area contributed by atoms with Crippen LogP contribution in [-0.4, -0.2) is 44.8 Å². The summed E-state index contributed by atoms with van der Waals surface area (Å²) in [5.74, 6) is 4.36. The second-order valence-corrected chi connectivity index (χ2v) is 5.90. The van der Waals surface area contributed by atoms with Gasteiger partial charge in [0.1, 0.15) is 0 Å². The van der Waals surface area contributed by atoms with E-state index in [0.717, 1.165) is 18.2 Å². The van der Waals surface area contributed by atoms with Crippen molar-refractivity contribution in [1.82, 2.24) is 25.5 Å². The first-order chi connectivity index (χ1) is 8.28. The maximum absolute atomic E-state index is 4.24. The van der Waals surface area contributed by atoms with Crippen molar-refractivity contribution in [2.75, 3.05) is 18.6 Å². The van der Waals surface area contributed by atoms with Crippen LogP contribution < -0.4 is 5.32 Å². The van der Waals surface area contributed by atoms with Crippen LogP contribution in [0, 0.1) is 5.92 Å². The highest BCUT2D eigenvalue weighted by atomic mass is 32.2. The van der Waals surface area contributed by atoms with Gasteiger partial charge < -0.3 is 5.32 Å². The van der Waals surface area contributed by atoms with Crippen LogP contribution >= 0.6 is 11.8 Å². The Balaban J connectivity index is 1.83. The molecule has 2 rings (SSSR count). The van der Waals surface area contributed by atoms with Crippen molar-refractivity contribution in [3.05, 3.63) is 5.82 Å². The van der Waals surface area contributed by atoms with Crippen molar-refractivity contribution in [2.24, 2.45) is 13.0 Å². The summed E-state index contributed by atoms with van der Waals surface area (Å²) in [6.07, 6.45) is 4.83. The first-order valence-corrected chi connectivity index (χ1v) is 7.41. The average Bonchev–Trinajstić information content (AvgIpc) is 2.75. The van der Waals surface area contributed by atoms with Crippen LogP contribution in [0.15, 0.2) is 0 Å². The molecule has 0 radical (unpaired) electrons. The molecule has 5 nitrogen and oxygen atoms in total. The van der Waals surface area contributed by atoms with Crippen molar-refractivity contribution in [1.29, 1.82) is 0 Å². The molecule has 1 unspecified atom stereocenters. The Labute approximate surface area is 107 Å². The number of thioether (sulfide) groups is 1. The average molecular weight is 255 g/mol. The lowest BCUT2D eigenvalue weighted by molar-refractivity contribution is 0.372. The van der Waals surface area contributed by atoms with E-state index in [-0.39, 0.29) is 0 Å². The molecule has 0 saturated carbocycles. The minimum atomic E-state index is 0.479. The predicted octanol–water partition coefficient (Wildman–Crippen LogP) is 0.874. The number of hydrogen-bond acceptors (Lipinski definition) is 5. The van der Waals surface area contributed by atoms with E-state index in [1.54, 1.807) is 0 Å². The molecule has 1 fully saturated rings. The molecule has 1 saturated heterocycles. The van der Waals surface area contributed by atoms with Crippen LogP contribution in [0.2, 0.25) is 0 Å². The van der Waals surface area contributed by atoms with Crippen molar-refractivity contribution in [2.45, 2.75) is 31.7 Å². The number of aromatic nitrogens is 4. The molecule has 0 spiro atoms. The van der Waals surface area contributed by atoms with E-state index in [2.05, 4.69) is 32.5 Å². The molecule has 0 bridgehead atoms. The SMILES string of the molecule is CNC(Cc1nnn(C)n1)CC1CCSCC1. The Morgan fingerprint density at radius 3 is 2.82 bits per heavy atom. The van der Waals surface area contributed by atoms with E-state index in [0.29, 0.717) is 6.04 Å². The zero-order valence-corrected chi connectivity index (χ0v) is 11.4. The Morgan fingerprint density at radius 2 is 2.24 bits per heavy atom. The molecule has 1 aromatic heterocycles. The lowest BCUT2D eigenvalue weighted by atomic mass is 9.93. The van der Waals surface area contributed by atoms with E-state index < -0.39 is 0 Å². The number of tetrazole rings is 1. The summed E-state index contributed by atoms with van der Waals surface area (Å²) in [5, 5.41) is 15.6. The van der Waals surface area contributed by atoms with Crippen LogP contribution in [-0.2, 0) is 13.5 Å². The Bertz CT molecular complexity index is 334. The van der Waals surface area contributed by atoms with Gasteiger partial charge in [-0.05, 0) is 48.9 Å². The van der Waals surface area contributed by atoms with Gasteiger partial charge in [-0.15, -0.1) is 10.2 Å². The molecule has 96 valence electrons. The van der Waals surface area contributed by atoms with Gasteiger partial charge in [-0.3, -0.25) is 0 Å². The molecular formula is C11H21N5S. The normalized spacial score (nSPS) is 19.4. The fourth-order valence-corrected chi connectivity index (χ4v) is 3.52. The first-order valence-electron chi connectivity index (χ1n) is 6.26. The van der Waals surface area contributed by atoms with Crippen LogP contribution in [0.25, 0.3) is 0 Å². The van der Waals surface area contributed by atoms with E-state index in [4.69, 9.17) is 0 Å². The monoisotopic (exact) mass is 255 g/mol. The summed E-state index contributed by atoms with van der Waals surface area (Å²) >= 11 is 2.08. The van der Waals surface area contributed by atoms with Gasteiger partial charge in [-0.1, -0.05) is 0 Å². The summed E-state index contributed by atoms with van der Waals surface area (Å²) in [4.78, 5) is 1.53. The number of nitrogens with one attached hydrogen (secondary N) is 1. The minimum Gasteiger partial charge on any atom is -0.317 e. The highest BCUT2D eigenvalue weighted by molar-refractivity contribution is 7.99. The van der Waals surface area contributed by atoms with Gasteiger partial charge in [0.2, 0.25) is 0 Å². The predicted molar refractivity (Wildman–Crippen MR) is 70.0 cm³/mol. The van der Waals surface area contributed by atoms with Crippen LogP contribution in [0.4, 0.5) is 0 Å². The van der Waals surface area contributed by atoms with Crippen LogP contribution in [0.3, 0.4) is 0 Å². The van der Waals surface area contributed by atoms with Gasteiger partial charge >= 0.3 is 0 Å². The summed E-state index contributed by atoms with van der Waals surface area (Å²) < 4.78 is 0. The maximum atomic E-state index is 4.24. The second-order valence-electron chi connectivity index (χ2n) is 4.68. The van der Waals surface area contributed by atoms with E-state index in [1.807, 2.05) is 14.1 Å². The molecular weight excluding hydrogens is 234 g/mol. The maximum Gasteiger partial charge on any atom is 0.176 e. The van der Waals surface area contributed by atoms with Crippen molar-refractivity contribution < 1.29 is 0 Å². The second kappa shape index (κ2) is 6.35. The van der Waals surface area contributed by atoms with Crippen molar-refractivity contribution >= 4 is 11.8 Å². The van der Waals surface area contributed by atoms with Crippen molar-refractivity contribution in [3.8, 4) is 0 Å². The minimum absolute atomic E-state index is 0.479. The molecule has 0 amide bonds. The molecule has 1 aliphatic rings. The Hall–Kier alpha value is -0.620. The molecule has 6 heteroatoms. The Kier molecular flexibility index (Phi) is 4.79. The van der Waals surface area contributed by atoms with Gasteiger partial charge in [0.05, 0.1) is 7.05 Å². The molecule has 1 aliphatic heterocycles. The van der Waals surface area contributed by atoms with Gasteiger partial charge in [0, 0.05) is 12.5 Å². The highest BCUT2D eigenvalue weighted by Gasteiger charge is 2.19. The third-order valence-electron chi connectivity index (χ3n) is 3.35. The molecule has 17 heavy (non-hydrogen) atoms. The van der Waals surface area contributed by atoms with Gasteiger partial charge in [0.15, 0.2) is 5.82 Å². The fraction of sp³-hybridized carbons (Fsp3) is 0.909. The summed E-state index contributed by atoms with van der Waals surface area (Å²) in [6.45, 7) is 0. The third kappa shape index (κ3) is 3.96. The van der Waals surface area contributed by atoms with Gasteiger partial charge in [0.25, 0.3) is 0 Å². The summed E-state index contributed by atoms with van der Waals surface area (Å²) in [7, 11) is 3.84. The zero-order chi connectivity index (χ0) is 12.1. The third-order valence-corrected chi connectivity index (χ3v) is 4.39. The number of likely N-dealkylation sites (N-methyl/N-ethyl adjacent to an activating group) is 1. The van der Waals surface area contributed by atoms with E-state index in [1.165, 1.54) is 35.6 Å². The number of hydrogen-bond donors (Lipinski definition) is 1. The largest absolute Gasteiger partial charge is 0.317 e. The smallest absolute Gasteiger partial charge is 0.176 e. The quantitative estimate of drug-likeness (QED) is 0.846. The zero-order valence-electron chi connectivity index (χ0n) is 10.6. The van der Waals surface area contributed by atoms with Crippen LogP contribution in [0.5, 0.6) is 0 Å². The molecule has 2 heterocycles. The Morgan fingerprint density at radius 1 is 1.47 bits per heavy atom. The van der Waals surface area contributed by atoms with E-state index in [9.17, 15) is 0 Å². The lowest BCUT2D eigenvalue weighted by Gasteiger charge is -2.25. The van der Waals surface area contributed by atoms with Crippen molar-refractivity contribution in [3.63, 3.8) is 0 Å². The standard InChI is InChI=1S/C11H21N5S/c1-12-10(7-9-3-5-17-6-4-9)8-11-13-15-16(2)14-11/h9-10,12H,3-8H2,1-2H3. The number of nitrogens with zero attached hydrogens (tertiary/aromatic N) is 4. The van der Waals surface area contributed by atoms with Crippen LogP contribution in [0.1, 0.15) is 25.1 Å². The van der Waals surface area contributed by atoms with Gasteiger partial charge in [-0.2, -0.15) is 16.6 Å². The molecule has 1 aromatic rings. The fourth-order valence-electron chi connectivity index (χ4n) is 2.31. The molecule has 0 aromatic carbocycles. The number of rotatable bonds is 5. The molecule has 1 N–H and O–H groups in total. The topological polar surface area (TPSA) is 55.6 Å².